The fraction of sp³-hybridized carbons (Fsp3) is 0.278. The summed E-state index contributed by atoms with van der Waals surface area (Å²) in [6, 6.07) is 10.2. The second-order valence-corrected chi connectivity index (χ2v) is 10.7. The number of rotatable bonds is 5. The molecular weight excluding hydrogens is 434 g/mol. The first-order chi connectivity index (χ1) is 14.0. The van der Waals surface area contributed by atoms with Gasteiger partial charge in [0.05, 0.1) is 14.7 Å². The van der Waals surface area contributed by atoms with Gasteiger partial charge in [-0.1, -0.05) is 0 Å². The lowest BCUT2D eigenvalue weighted by atomic mass is 10.2. The van der Waals surface area contributed by atoms with Crippen LogP contribution in [0.15, 0.2) is 58.3 Å². The van der Waals surface area contributed by atoms with Crippen LogP contribution in [0.3, 0.4) is 0 Å². The first kappa shape index (κ1) is 21.9. The highest BCUT2D eigenvalue weighted by Crippen LogP contribution is 2.21. The molecule has 0 saturated carbocycles. The molecule has 0 radical (unpaired) electrons. The van der Waals surface area contributed by atoms with Crippen molar-refractivity contribution in [3.05, 3.63) is 64.2 Å². The monoisotopic (exact) mass is 453 g/mol. The van der Waals surface area contributed by atoms with Crippen molar-refractivity contribution in [1.29, 1.82) is 0 Å². The van der Waals surface area contributed by atoms with Crippen molar-refractivity contribution in [1.82, 2.24) is 9.21 Å². The third kappa shape index (κ3) is 4.50. The van der Waals surface area contributed by atoms with Crippen molar-refractivity contribution in [2.75, 3.05) is 32.4 Å². The van der Waals surface area contributed by atoms with Crippen molar-refractivity contribution < 1.29 is 26.6 Å². The van der Waals surface area contributed by atoms with Gasteiger partial charge in [0.15, 0.2) is 9.84 Å². The van der Waals surface area contributed by atoms with Gasteiger partial charge in [-0.15, -0.1) is 0 Å². The number of sulfone groups is 1. The van der Waals surface area contributed by atoms with Crippen LogP contribution >= 0.6 is 0 Å². The zero-order valence-electron chi connectivity index (χ0n) is 16.0. The molecule has 1 heterocycles. The maximum Gasteiger partial charge on any atom is 0.269 e. The lowest BCUT2D eigenvalue weighted by molar-refractivity contribution is -0.384. The lowest BCUT2D eigenvalue weighted by Gasteiger charge is -2.34. The minimum atomic E-state index is -3.83. The van der Waals surface area contributed by atoms with Crippen molar-refractivity contribution in [2.45, 2.75) is 9.79 Å². The maximum absolute atomic E-state index is 12.7. The van der Waals surface area contributed by atoms with Crippen LogP contribution in [0, 0.1) is 10.1 Å². The van der Waals surface area contributed by atoms with E-state index in [2.05, 4.69) is 0 Å². The molecule has 0 spiro atoms. The molecular formula is C18H19N3O7S2. The Morgan fingerprint density at radius 3 is 1.83 bits per heavy atom. The fourth-order valence-corrected chi connectivity index (χ4v) is 5.10. The molecule has 0 N–H and O–H groups in total. The van der Waals surface area contributed by atoms with Gasteiger partial charge in [0.25, 0.3) is 11.6 Å². The van der Waals surface area contributed by atoms with Crippen LogP contribution in [0.2, 0.25) is 0 Å². The minimum Gasteiger partial charge on any atom is -0.336 e. The van der Waals surface area contributed by atoms with Crippen LogP contribution < -0.4 is 0 Å². The van der Waals surface area contributed by atoms with E-state index < -0.39 is 24.8 Å². The summed E-state index contributed by atoms with van der Waals surface area (Å²) in [4.78, 5) is 24.3. The summed E-state index contributed by atoms with van der Waals surface area (Å²) in [6.45, 7) is 0.483. The Labute approximate surface area is 173 Å². The van der Waals surface area contributed by atoms with E-state index in [1.807, 2.05) is 0 Å². The smallest absolute Gasteiger partial charge is 0.269 e. The second kappa shape index (κ2) is 8.13. The van der Waals surface area contributed by atoms with Crippen LogP contribution in [-0.2, 0) is 19.9 Å². The summed E-state index contributed by atoms with van der Waals surface area (Å²) in [5.41, 5.74) is 0.111. The van der Waals surface area contributed by atoms with Crippen LogP contribution in [0.25, 0.3) is 0 Å². The molecule has 2 aromatic carbocycles. The highest BCUT2D eigenvalue weighted by Gasteiger charge is 2.30. The largest absolute Gasteiger partial charge is 0.336 e. The third-order valence-corrected chi connectivity index (χ3v) is 7.78. The van der Waals surface area contributed by atoms with E-state index in [4.69, 9.17) is 0 Å². The summed E-state index contributed by atoms with van der Waals surface area (Å²) >= 11 is 0. The Hall–Kier alpha value is -2.83. The van der Waals surface area contributed by atoms with E-state index in [-0.39, 0.29) is 47.6 Å². The van der Waals surface area contributed by atoms with Gasteiger partial charge in [0, 0.05) is 50.1 Å². The van der Waals surface area contributed by atoms with Crippen molar-refractivity contribution in [3.63, 3.8) is 0 Å². The number of carbonyl (C=O) groups excluding carboxylic acids is 1. The SMILES string of the molecule is CS(=O)(=O)c1ccc(C(=O)N2CCN(S(=O)(=O)c3ccc([N+](=O)[O-])cc3)CC2)cc1. The van der Waals surface area contributed by atoms with Gasteiger partial charge in [-0.05, 0) is 36.4 Å². The number of nitro groups is 1. The van der Waals surface area contributed by atoms with Crippen LogP contribution in [0.1, 0.15) is 10.4 Å². The molecule has 1 aliphatic rings. The van der Waals surface area contributed by atoms with Gasteiger partial charge in [0.1, 0.15) is 0 Å². The van der Waals surface area contributed by atoms with Crippen molar-refractivity contribution in [2.24, 2.45) is 0 Å². The van der Waals surface area contributed by atoms with Gasteiger partial charge < -0.3 is 4.90 Å². The van der Waals surface area contributed by atoms with Gasteiger partial charge in [-0.25, -0.2) is 16.8 Å². The summed E-state index contributed by atoms with van der Waals surface area (Å²) in [6.07, 6.45) is 1.08. The highest BCUT2D eigenvalue weighted by atomic mass is 32.2. The van der Waals surface area contributed by atoms with E-state index in [0.29, 0.717) is 5.56 Å². The lowest BCUT2D eigenvalue weighted by Crippen LogP contribution is -2.50. The average Bonchev–Trinajstić information content (AvgIpc) is 2.73. The first-order valence-electron chi connectivity index (χ1n) is 8.84. The number of hydrogen-bond acceptors (Lipinski definition) is 7. The zero-order chi connectivity index (χ0) is 22.1. The summed E-state index contributed by atoms with van der Waals surface area (Å²) in [7, 11) is -7.20. The fourth-order valence-electron chi connectivity index (χ4n) is 3.05. The number of amides is 1. The molecule has 2 aromatic rings. The van der Waals surface area contributed by atoms with Crippen LogP contribution in [0.4, 0.5) is 5.69 Å². The van der Waals surface area contributed by atoms with Crippen LogP contribution in [-0.4, -0.2) is 69.3 Å². The summed E-state index contributed by atoms with van der Waals surface area (Å²) in [5.74, 6) is -0.317. The van der Waals surface area contributed by atoms with Gasteiger partial charge in [-0.3, -0.25) is 14.9 Å². The third-order valence-electron chi connectivity index (χ3n) is 4.74. The Morgan fingerprint density at radius 1 is 0.867 bits per heavy atom. The molecule has 10 nitrogen and oxygen atoms in total. The van der Waals surface area contributed by atoms with E-state index in [9.17, 15) is 31.7 Å². The van der Waals surface area contributed by atoms with E-state index >= 15 is 0 Å². The quantitative estimate of drug-likeness (QED) is 0.489. The predicted molar refractivity (Wildman–Crippen MR) is 107 cm³/mol. The van der Waals surface area contributed by atoms with Crippen molar-refractivity contribution in [3.8, 4) is 0 Å². The molecule has 1 amide bonds. The molecule has 0 atom stereocenters. The normalized spacial score (nSPS) is 15.7. The molecule has 0 unspecified atom stereocenters. The number of nitro benzene ring substituents is 1. The molecule has 12 heteroatoms. The molecule has 3 rings (SSSR count). The molecule has 0 aromatic heterocycles. The molecule has 1 saturated heterocycles. The summed E-state index contributed by atoms with van der Waals surface area (Å²) in [5, 5.41) is 10.7. The maximum atomic E-state index is 12.7. The molecule has 0 aliphatic carbocycles. The van der Waals surface area contributed by atoms with E-state index in [0.717, 1.165) is 18.4 Å². The van der Waals surface area contributed by atoms with E-state index in [1.54, 1.807) is 0 Å². The van der Waals surface area contributed by atoms with Crippen molar-refractivity contribution >= 4 is 31.5 Å². The molecule has 30 heavy (non-hydrogen) atoms. The number of benzene rings is 2. The standard InChI is InChI=1S/C18H19N3O7S2/c1-29(25,26)16-6-2-14(3-7-16)18(22)19-10-12-20(13-11-19)30(27,28)17-8-4-15(5-9-17)21(23)24/h2-9H,10-13H2,1H3. The first-order valence-corrected chi connectivity index (χ1v) is 12.2. The Morgan fingerprint density at radius 2 is 1.37 bits per heavy atom. The molecule has 0 bridgehead atoms. The Bertz CT molecular complexity index is 1170. The van der Waals surface area contributed by atoms with Crippen LogP contribution in [0.5, 0.6) is 0 Å². The molecule has 1 fully saturated rings. The predicted octanol–water partition coefficient (Wildman–Crippen LogP) is 1.14. The Balaban J connectivity index is 1.67. The van der Waals surface area contributed by atoms with E-state index in [1.165, 1.54) is 45.6 Å². The number of non-ortho nitro benzene ring substituents is 1. The second-order valence-electron chi connectivity index (χ2n) is 6.74. The minimum absolute atomic E-state index is 0.0516. The zero-order valence-corrected chi connectivity index (χ0v) is 17.6. The average molecular weight is 453 g/mol. The van der Waals surface area contributed by atoms with Gasteiger partial charge in [-0.2, -0.15) is 4.31 Å². The number of hydrogen-bond donors (Lipinski definition) is 0. The number of carbonyl (C=O) groups is 1. The number of sulfonamides is 1. The van der Waals surface area contributed by atoms with Gasteiger partial charge >= 0.3 is 0 Å². The topological polar surface area (TPSA) is 135 Å². The number of piperazine rings is 1. The number of nitrogens with zero attached hydrogens (tertiary/aromatic N) is 3. The summed E-state index contributed by atoms with van der Waals surface area (Å²) < 4.78 is 49.8. The molecule has 1 aliphatic heterocycles. The molecule has 160 valence electrons. The highest BCUT2D eigenvalue weighted by molar-refractivity contribution is 7.90. The Kier molecular flexibility index (Phi) is 5.92. The van der Waals surface area contributed by atoms with Gasteiger partial charge in [0.2, 0.25) is 10.0 Å².